The van der Waals surface area contributed by atoms with E-state index in [1.807, 2.05) is 47.9 Å². The molecule has 2 atom stereocenters. The third kappa shape index (κ3) is 3.63. The number of β-lactam (4-membered cyclic amide) rings is 1. The molecule has 1 fully saturated rings. The highest BCUT2D eigenvalue weighted by atomic mass is 16.4. The molecule has 4 heterocycles. The molecule has 0 saturated carbocycles. The average molecular weight is 446 g/mol. The van der Waals surface area contributed by atoms with Crippen molar-refractivity contribution in [2.45, 2.75) is 32.5 Å². The minimum absolute atomic E-state index is 0.156. The van der Waals surface area contributed by atoms with E-state index < -0.39 is 29.9 Å². The van der Waals surface area contributed by atoms with Crippen molar-refractivity contribution < 1.29 is 19.5 Å². The molecule has 0 unspecified atom stereocenters. The minimum atomic E-state index is -1.20. The molecule has 3 aromatic rings. The van der Waals surface area contributed by atoms with Crippen molar-refractivity contribution in [3.05, 3.63) is 65.7 Å². The van der Waals surface area contributed by atoms with Gasteiger partial charge in [-0.05, 0) is 31.0 Å². The molecule has 1 saturated heterocycles. The van der Waals surface area contributed by atoms with Gasteiger partial charge in [-0.25, -0.2) is 14.5 Å². The first-order valence-electron chi connectivity index (χ1n) is 10.7. The maximum Gasteiger partial charge on any atom is 0.328 e. The van der Waals surface area contributed by atoms with E-state index in [4.69, 9.17) is 0 Å². The lowest BCUT2D eigenvalue weighted by Crippen LogP contribution is -2.69. The molecule has 0 radical (unpaired) electrons. The number of carboxylic acids is 1. The lowest BCUT2D eigenvalue weighted by Gasteiger charge is -2.45. The van der Waals surface area contributed by atoms with Crippen LogP contribution in [0.1, 0.15) is 17.1 Å². The van der Waals surface area contributed by atoms with E-state index in [0.717, 1.165) is 21.7 Å². The highest BCUT2D eigenvalue weighted by Gasteiger charge is 2.55. The number of fused-ring (bicyclic) bond motifs is 1. The second-order valence-corrected chi connectivity index (χ2v) is 8.27. The Kier molecular flexibility index (Phi) is 5.12. The van der Waals surface area contributed by atoms with E-state index >= 15 is 0 Å². The molecule has 2 aliphatic heterocycles. The SMILES string of the molecule is Cc1cc(C[C@H]2C(=O)N(C(=O)N3CCn4c(nnc4-c4ccccc4)C3)[C@@H]2C(=O)O)ccn1. The summed E-state index contributed by atoms with van der Waals surface area (Å²) in [6.45, 7) is 2.77. The molecular formula is C23H22N6O4. The summed E-state index contributed by atoms with van der Waals surface area (Å²) in [4.78, 5) is 44.4. The van der Waals surface area contributed by atoms with Gasteiger partial charge in [-0.3, -0.25) is 9.78 Å². The maximum atomic E-state index is 13.1. The molecule has 1 aromatic carbocycles. The predicted molar refractivity (Wildman–Crippen MR) is 116 cm³/mol. The minimum Gasteiger partial charge on any atom is -0.480 e. The lowest BCUT2D eigenvalue weighted by atomic mass is 9.82. The number of aliphatic carboxylic acids is 1. The van der Waals surface area contributed by atoms with Crippen LogP contribution in [0.5, 0.6) is 0 Å². The molecule has 0 spiro atoms. The van der Waals surface area contributed by atoms with Crippen LogP contribution in [0.15, 0.2) is 48.7 Å². The number of nitrogens with zero attached hydrogens (tertiary/aromatic N) is 6. The van der Waals surface area contributed by atoms with Crippen LogP contribution in [0.25, 0.3) is 11.4 Å². The number of carbonyl (C=O) groups is 3. The predicted octanol–water partition coefficient (Wildman–Crippen LogP) is 1.74. The van der Waals surface area contributed by atoms with Gasteiger partial charge in [0.05, 0.1) is 12.5 Å². The molecule has 0 aliphatic carbocycles. The highest BCUT2D eigenvalue weighted by molar-refractivity contribution is 6.07. The molecule has 33 heavy (non-hydrogen) atoms. The van der Waals surface area contributed by atoms with Crippen molar-refractivity contribution in [1.29, 1.82) is 0 Å². The number of hydrogen-bond donors (Lipinski definition) is 1. The molecule has 5 rings (SSSR count). The molecule has 0 bridgehead atoms. The maximum absolute atomic E-state index is 13.1. The molecule has 10 nitrogen and oxygen atoms in total. The van der Waals surface area contributed by atoms with Crippen molar-refractivity contribution in [1.82, 2.24) is 29.5 Å². The van der Waals surface area contributed by atoms with Crippen LogP contribution in [0.3, 0.4) is 0 Å². The number of amides is 3. The van der Waals surface area contributed by atoms with Crippen LogP contribution in [0, 0.1) is 12.8 Å². The van der Waals surface area contributed by atoms with E-state index in [2.05, 4.69) is 15.2 Å². The molecule has 168 valence electrons. The summed E-state index contributed by atoms with van der Waals surface area (Å²) in [5.41, 5.74) is 2.53. The smallest absolute Gasteiger partial charge is 0.328 e. The highest BCUT2D eigenvalue weighted by Crippen LogP contribution is 2.32. The van der Waals surface area contributed by atoms with Gasteiger partial charge < -0.3 is 14.6 Å². The van der Waals surface area contributed by atoms with Crippen molar-refractivity contribution >= 4 is 17.9 Å². The van der Waals surface area contributed by atoms with Crippen LogP contribution < -0.4 is 0 Å². The first kappa shape index (κ1) is 20.8. The summed E-state index contributed by atoms with van der Waals surface area (Å²) in [6, 6.07) is 11.4. The number of carboxylic acid groups (broad SMARTS) is 1. The Hall–Kier alpha value is -4.08. The van der Waals surface area contributed by atoms with Crippen LogP contribution in [0.2, 0.25) is 0 Å². The van der Waals surface area contributed by atoms with E-state index in [1.54, 1.807) is 12.3 Å². The Labute approximate surface area is 189 Å². The van der Waals surface area contributed by atoms with Crippen molar-refractivity contribution in [3.63, 3.8) is 0 Å². The zero-order chi connectivity index (χ0) is 23.1. The molecule has 2 aliphatic rings. The van der Waals surface area contributed by atoms with Crippen molar-refractivity contribution in [2.24, 2.45) is 5.92 Å². The normalized spacial score (nSPS) is 19.7. The fourth-order valence-electron chi connectivity index (χ4n) is 4.50. The van der Waals surface area contributed by atoms with E-state index in [0.29, 0.717) is 24.7 Å². The number of rotatable bonds is 4. The van der Waals surface area contributed by atoms with E-state index in [9.17, 15) is 19.5 Å². The third-order valence-electron chi connectivity index (χ3n) is 6.15. The van der Waals surface area contributed by atoms with E-state index in [-0.39, 0.29) is 13.0 Å². The first-order chi connectivity index (χ1) is 15.9. The Morgan fingerprint density at radius 3 is 2.64 bits per heavy atom. The number of hydrogen-bond acceptors (Lipinski definition) is 6. The second kappa shape index (κ2) is 8.12. The number of pyridine rings is 1. The molecule has 2 aromatic heterocycles. The van der Waals surface area contributed by atoms with E-state index in [1.165, 1.54) is 4.90 Å². The van der Waals surface area contributed by atoms with Gasteiger partial charge in [-0.15, -0.1) is 10.2 Å². The quantitative estimate of drug-likeness (QED) is 0.606. The van der Waals surface area contributed by atoms with Crippen molar-refractivity contribution in [3.8, 4) is 11.4 Å². The largest absolute Gasteiger partial charge is 0.480 e. The van der Waals surface area contributed by atoms with Gasteiger partial charge in [0.2, 0.25) is 5.91 Å². The summed E-state index contributed by atoms with van der Waals surface area (Å²) >= 11 is 0. The van der Waals surface area contributed by atoms with Crippen molar-refractivity contribution in [2.75, 3.05) is 6.54 Å². The molecule has 3 amide bonds. The standard InChI is InChI=1S/C23H22N6O4/c1-14-11-15(7-8-24-14)12-17-19(22(31)32)29(21(17)30)23(33)27-9-10-28-18(13-27)25-26-20(28)16-5-3-2-4-6-16/h2-8,11,17,19H,9-10,12-13H2,1H3,(H,31,32)/t17-,19+/m1/s1. The number of urea groups is 1. The fraction of sp³-hybridized carbons (Fsp3) is 0.304. The van der Waals surface area contributed by atoms with Gasteiger partial charge in [0.25, 0.3) is 0 Å². The topological polar surface area (TPSA) is 122 Å². The lowest BCUT2D eigenvalue weighted by molar-refractivity contribution is -0.166. The number of imide groups is 1. The van der Waals surface area contributed by atoms with Gasteiger partial charge in [0.15, 0.2) is 17.7 Å². The Bertz CT molecular complexity index is 1240. The summed E-state index contributed by atoms with van der Waals surface area (Å²) < 4.78 is 1.94. The summed E-state index contributed by atoms with van der Waals surface area (Å²) in [6.07, 6.45) is 1.87. The molecular weight excluding hydrogens is 424 g/mol. The Balaban J connectivity index is 1.32. The number of aromatic nitrogens is 4. The van der Waals surface area contributed by atoms with Gasteiger partial charge in [0.1, 0.15) is 0 Å². The first-order valence-corrected chi connectivity index (χ1v) is 10.7. The number of likely N-dealkylation sites (tertiary alicyclic amines) is 1. The molecule has 1 N–H and O–H groups in total. The number of carbonyl (C=O) groups excluding carboxylic acids is 2. The van der Waals surface area contributed by atoms with Crippen LogP contribution in [0.4, 0.5) is 4.79 Å². The summed E-state index contributed by atoms with van der Waals surface area (Å²) in [7, 11) is 0. The van der Waals surface area contributed by atoms with Crippen LogP contribution in [-0.4, -0.2) is 65.1 Å². The van der Waals surface area contributed by atoms with Crippen LogP contribution in [-0.2, 0) is 29.1 Å². The Morgan fingerprint density at radius 2 is 1.91 bits per heavy atom. The fourth-order valence-corrected chi connectivity index (χ4v) is 4.50. The molecule has 10 heteroatoms. The monoisotopic (exact) mass is 446 g/mol. The van der Waals surface area contributed by atoms with Gasteiger partial charge in [-0.1, -0.05) is 30.3 Å². The average Bonchev–Trinajstić information content (AvgIpc) is 3.24. The third-order valence-corrected chi connectivity index (χ3v) is 6.15. The second-order valence-electron chi connectivity index (χ2n) is 8.27. The Morgan fingerprint density at radius 1 is 1.12 bits per heavy atom. The summed E-state index contributed by atoms with van der Waals surface area (Å²) in [5, 5.41) is 18.2. The number of benzene rings is 1. The zero-order valence-electron chi connectivity index (χ0n) is 18.0. The number of aryl methyl sites for hydroxylation is 1. The van der Waals surface area contributed by atoms with Crippen LogP contribution >= 0.6 is 0 Å². The zero-order valence-corrected chi connectivity index (χ0v) is 18.0. The van der Waals surface area contributed by atoms with Gasteiger partial charge in [-0.2, -0.15) is 0 Å². The van der Waals surface area contributed by atoms with Gasteiger partial charge >= 0.3 is 12.0 Å². The summed E-state index contributed by atoms with van der Waals surface area (Å²) in [5.74, 6) is -1.14. The van der Waals surface area contributed by atoms with Gasteiger partial charge in [0, 0.05) is 30.5 Å².